The van der Waals surface area contributed by atoms with Gasteiger partial charge in [-0.05, 0) is 56.8 Å². The maximum atomic E-state index is 4.73. The molecule has 1 atom stereocenters. The van der Waals surface area contributed by atoms with Gasteiger partial charge in [-0.2, -0.15) is 5.10 Å². The molecule has 4 rings (SSSR count). The number of piperidine rings is 1. The number of hydrogen-bond donors (Lipinski definition) is 0. The van der Waals surface area contributed by atoms with Crippen LogP contribution in [-0.4, -0.2) is 52.8 Å². The van der Waals surface area contributed by atoms with Crippen molar-refractivity contribution in [2.45, 2.75) is 32.7 Å². The van der Waals surface area contributed by atoms with Crippen LogP contribution >= 0.6 is 0 Å². The van der Waals surface area contributed by atoms with Crippen molar-refractivity contribution in [3.8, 4) is 11.3 Å². The van der Waals surface area contributed by atoms with Gasteiger partial charge >= 0.3 is 0 Å². The van der Waals surface area contributed by atoms with Crippen LogP contribution in [-0.2, 0) is 20.0 Å². The monoisotopic (exact) mass is 416 g/mol. The molecule has 1 fully saturated rings. The van der Waals surface area contributed by atoms with Crippen molar-refractivity contribution in [2.24, 2.45) is 13.0 Å². The summed E-state index contributed by atoms with van der Waals surface area (Å²) >= 11 is 0. The fourth-order valence-electron chi connectivity index (χ4n) is 4.96. The van der Waals surface area contributed by atoms with Gasteiger partial charge in [0.15, 0.2) is 0 Å². The fraction of sp³-hybridized carbons (Fsp3) is 0.444. The van der Waals surface area contributed by atoms with Gasteiger partial charge in [-0.25, -0.2) is 0 Å². The molecule has 1 unspecified atom stereocenters. The van der Waals surface area contributed by atoms with Crippen molar-refractivity contribution < 1.29 is 0 Å². The van der Waals surface area contributed by atoms with Crippen molar-refractivity contribution in [3.05, 3.63) is 77.5 Å². The van der Waals surface area contributed by atoms with E-state index in [9.17, 15) is 0 Å². The highest BCUT2D eigenvalue weighted by atomic mass is 15.3. The van der Waals surface area contributed by atoms with E-state index in [1.165, 1.54) is 54.7 Å². The van der Waals surface area contributed by atoms with Gasteiger partial charge in [-0.15, -0.1) is 0 Å². The highest BCUT2D eigenvalue weighted by molar-refractivity contribution is 5.62. The normalized spacial score (nSPS) is 17.4. The van der Waals surface area contributed by atoms with E-state index in [4.69, 9.17) is 5.10 Å². The standard InChI is InChI=1S/C27H36N4/c1-22-10-7-8-12-24(22)15-17-31-16-9-11-23(19-31)18-29(2)20-26-21-30(3)28-27(26)25-13-5-4-6-14-25/h4-8,10,12-14,21,23H,9,11,15-20H2,1-3H3. The number of aromatic nitrogens is 2. The van der Waals surface area contributed by atoms with Crippen LogP contribution in [0.4, 0.5) is 0 Å². The summed E-state index contributed by atoms with van der Waals surface area (Å²) in [7, 11) is 4.28. The van der Waals surface area contributed by atoms with Crippen LogP contribution in [0.2, 0.25) is 0 Å². The van der Waals surface area contributed by atoms with Crippen LogP contribution in [0.1, 0.15) is 29.5 Å². The van der Waals surface area contributed by atoms with E-state index < -0.39 is 0 Å². The summed E-state index contributed by atoms with van der Waals surface area (Å²) in [5.41, 5.74) is 6.53. The summed E-state index contributed by atoms with van der Waals surface area (Å²) in [6, 6.07) is 19.4. The van der Waals surface area contributed by atoms with Crippen LogP contribution in [0.3, 0.4) is 0 Å². The average Bonchev–Trinajstić information content (AvgIpc) is 3.14. The van der Waals surface area contributed by atoms with Gasteiger partial charge in [-0.3, -0.25) is 4.68 Å². The lowest BCUT2D eigenvalue weighted by molar-refractivity contribution is 0.142. The molecular formula is C27H36N4. The molecule has 1 aliphatic rings. The van der Waals surface area contributed by atoms with Crippen LogP contribution in [0.5, 0.6) is 0 Å². The van der Waals surface area contributed by atoms with Crippen LogP contribution in [0.25, 0.3) is 11.3 Å². The third kappa shape index (κ3) is 5.84. The maximum absolute atomic E-state index is 4.73. The first-order valence-electron chi connectivity index (χ1n) is 11.6. The van der Waals surface area contributed by atoms with E-state index in [0.717, 1.165) is 31.1 Å². The molecular weight excluding hydrogens is 380 g/mol. The minimum atomic E-state index is 0.743. The van der Waals surface area contributed by atoms with E-state index in [2.05, 4.69) is 84.6 Å². The van der Waals surface area contributed by atoms with Gasteiger partial charge in [0.2, 0.25) is 0 Å². The summed E-state index contributed by atoms with van der Waals surface area (Å²) in [5.74, 6) is 0.743. The molecule has 4 nitrogen and oxygen atoms in total. The third-order valence-corrected chi connectivity index (χ3v) is 6.52. The Balaban J connectivity index is 1.32. The highest BCUT2D eigenvalue weighted by Crippen LogP contribution is 2.24. The van der Waals surface area contributed by atoms with Crippen LogP contribution < -0.4 is 0 Å². The number of benzene rings is 2. The molecule has 0 N–H and O–H groups in total. The predicted molar refractivity (Wildman–Crippen MR) is 129 cm³/mol. The van der Waals surface area contributed by atoms with E-state index in [1.54, 1.807) is 0 Å². The Hall–Kier alpha value is -2.43. The van der Waals surface area contributed by atoms with Crippen molar-refractivity contribution in [2.75, 3.05) is 33.2 Å². The molecule has 2 aromatic carbocycles. The molecule has 1 aliphatic heterocycles. The Kier molecular flexibility index (Phi) is 7.21. The number of hydrogen-bond acceptors (Lipinski definition) is 3. The van der Waals surface area contributed by atoms with Gasteiger partial charge < -0.3 is 9.80 Å². The first-order chi connectivity index (χ1) is 15.1. The summed E-state index contributed by atoms with van der Waals surface area (Å²) < 4.78 is 1.94. The molecule has 4 heteroatoms. The minimum absolute atomic E-state index is 0.743. The van der Waals surface area contributed by atoms with Gasteiger partial charge in [0.1, 0.15) is 0 Å². The first-order valence-corrected chi connectivity index (χ1v) is 11.6. The van der Waals surface area contributed by atoms with Crippen molar-refractivity contribution in [1.29, 1.82) is 0 Å². The number of likely N-dealkylation sites (tertiary alicyclic amines) is 1. The zero-order chi connectivity index (χ0) is 21.6. The maximum Gasteiger partial charge on any atom is 0.0968 e. The van der Waals surface area contributed by atoms with Crippen LogP contribution in [0.15, 0.2) is 60.8 Å². The molecule has 0 bridgehead atoms. The lowest BCUT2D eigenvalue weighted by atomic mass is 9.96. The second-order valence-electron chi connectivity index (χ2n) is 9.22. The minimum Gasteiger partial charge on any atom is -0.303 e. The second kappa shape index (κ2) is 10.3. The quantitative estimate of drug-likeness (QED) is 0.528. The molecule has 164 valence electrons. The number of aryl methyl sites for hydroxylation is 2. The highest BCUT2D eigenvalue weighted by Gasteiger charge is 2.22. The lowest BCUT2D eigenvalue weighted by Gasteiger charge is -2.35. The van der Waals surface area contributed by atoms with Crippen molar-refractivity contribution >= 4 is 0 Å². The Bertz CT molecular complexity index is 962. The van der Waals surface area contributed by atoms with Gasteiger partial charge in [0, 0.05) is 50.6 Å². The van der Waals surface area contributed by atoms with Gasteiger partial charge in [0.05, 0.1) is 5.69 Å². The number of nitrogens with zero attached hydrogens (tertiary/aromatic N) is 4. The zero-order valence-corrected chi connectivity index (χ0v) is 19.3. The van der Waals surface area contributed by atoms with Gasteiger partial charge in [0.25, 0.3) is 0 Å². The smallest absolute Gasteiger partial charge is 0.0968 e. The molecule has 0 aliphatic carbocycles. The fourth-order valence-corrected chi connectivity index (χ4v) is 4.96. The molecule has 0 saturated carbocycles. The lowest BCUT2D eigenvalue weighted by Crippen LogP contribution is -2.40. The van der Waals surface area contributed by atoms with E-state index in [-0.39, 0.29) is 0 Å². The van der Waals surface area contributed by atoms with Crippen molar-refractivity contribution in [3.63, 3.8) is 0 Å². The zero-order valence-electron chi connectivity index (χ0n) is 19.3. The average molecular weight is 417 g/mol. The van der Waals surface area contributed by atoms with E-state index in [0.29, 0.717) is 0 Å². The SMILES string of the molecule is Cc1ccccc1CCN1CCCC(CN(C)Cc2cn(C)nc2-c2ccccc2)C1. The molecule has 0 amide bonds. The summed E-state index contributed by atoms with van der Waals surface area (Å²) in [4.78, 5) is 5.16. The Morgan fingerprint density at radius 2 is 1.81 bits per heavy atom. The Morgan fingerprint density at radius 3 is 2.61 bits per heavy atom. The van der Waals surface area contributed by atoms with Crippen molar-refractivity contribution in [1.82, 2.24) is 19.6 Å². The molecule has 1 aromatic heterocycles. The number of rotatable bonds is 8. The summed E-state index contributed by atoms with van der Waals surface area (Å²) in [6.45, 7) is 7.95. The predicted octanol–water partition coefficient (Wildman–Crippen LogP) is 4.78. The topological polar surface area (TPSA) is 24.3 Å². The Morgan fingerprint density at radius 1 is 1.03 bits per heavy atom. The molecule has 0 radical (unpaired) electrons. The molecule has 3 aromatic rings. The van der Waals surface area contributed by atoms with Gasteiger partial charge in [-0.1, -0.05) is 54.6 Å². The molecule has 1 saturated heterocycles. The first kappa shape index (κ1) is 21.8. The summed E-state index contributed by atoms with van der Waals surface area (Å²) in [5, 5.41) is 4.73. The van der Waals surface area contributed by atoms with Crippen LogP contribution in [0, 0.1) is 12.8 Å². The van der Waals surface area contributed by atoms with E-state index >= 15 is 0 Å². The van der Waals surface area contributed by atoms with E-state index in [1.807, 2.05) is 11.7 Å². The Labute approximate surface area is 187 Å². The second-order valence-corrected chi connectivity index (χ2v) is 9.22. The third-order valence-electron chi connectivity index (χ3n) is 6.52. The largest absolute Gasteiger partial charge is 0.303 e. The molecule has 0 spiro atoms. The molecule has 31 heavy (non-hydrogen) atoms. The summed E-state index contributed by atoms with van der Waals surface area (Å²) in [6.07, 6.45) is 5.98. The molecule has 2 heterocycles.